The highest BCUT2D eigenvalue weighted by atomic mass is 16.5. The van der Waals surface area contributed by atoms with Crippen LogP contribution in [0.2, 0.25) is 0 Å². The largest absolute Gasteiger partial charge is 0.379 e. The standard InChI is InChI=1S/C15H25N3O2/c1-4-6-17-7-5-16-14(17)12-13(19)15(2,3)18-8-10-20-11-9-18/h5,7H,4,6,8-12H2,1-3H3. The maximum absolute atomic E-state index is 12.7. The van der Waals surface area contributed by atoms with Crippen LogP contribution in [0.3, 0.4) is 0 Å². The molecule has 0 aromatic carbocycles. The maximum Gasteiger partial charge on any atom is 0.160 e. The average molecular weight is 279 g/mol. The molecule has 2 rings (SSSR count). The molecule has 0 spiro atoms. The van der Waals surface area contributed by atoms with E-state index in [1.165, 1.54) is 0 Å². The molecule has 1 saturated heterocycles. The molecule has 1 aromatic rings. The van der Waals surface area contributed by atoms with Crippen LogP contribution in [0.25, 0.3) is 0 Å². The quantitative estimate of drug-likeness (QED) is 0.792. The molecule has 0 bridgehead atoms. The molecule has 2 heterocycles. The van der Waals surface area contributed by atoms with Gasteiger partial charge in [0, 0.05) is 32.0 Å². The molecule has 0 radical (unpaired) electrons. The van der Waals surface area contributed by atoms with E-state index in [9.17, 15) is 4.79 Å². The van der Waals surface area contributed by atoms with Crippen LogP contribution in [0.5, 0.6) is 0 Å². The van der Waals surface area contributed by atoms with Gasteiger partial charge in [0.05, 0.1) is 25.2 Å². The molecular formula is C15H25N3O2. The summed E-state index contributed by atoms with van der Waals surface area (Å²) in [6.45, 7) is 10.1. The van der Waals surface area contributed by atoms with Gasteiger partial charge in [-0.05, 0) is 20.3 Å². The Morgan fingerprint density at radius 3 is 2.75 bits per heavy atom. The van der Waals surface area contributed by atoms with Crippen molar-refractivity contribution in [3.63, 3.8) is 0 Å². The van der Waals surface area contributed by atoms with E-state index in [0.717, 1.165) is 31.9 Å². The molecule has 0 saturated carbocycles. The number of morpholine rings is 1. The highest BCUT2D eigenvalue weighted by Crippen LogP contribution is 2.19. The van der Waals surface area contributed by atoms with Gasteiger partial charge in [-0.2, -0.15) is 0 Å². The summed E-state index contributed by atoms with van der Waals surface area (Å²) in [6.07, 6.45) is 5.18. The maximum atomic E-state index is 12.7. The number of hydrogen-bond donors (Lipinski definition) is 0. The van der Waals surface area contributed by atoms with Crippen molar-refractivity contribution >= 4 is 5.78 Å². The SMILES string of the molecule is CCCn1ccnc1CC(=O)C(C)(C)N1CCOCC1. The van der Waals surface area contributed by atoms with Crippen molar-refractivity contribution in [2.45, 2.75) is 45.7 Å². The molecule has 20 heavy (non-hydrogen) atoms. The van der Waals surface area contributed by atoms with E-state index < -0.39 is 5.54 Å². The van der Waals surface area contributed by atoms with E-state index in [0.29, 0.717) is 19.6 Å². The number of carbonyl (C=O) groups is 1. The zero-order valence-electron chi connectivity index (χ0n) is 12.8. The number of carbonyl (C=O) groups excluding carboxylic acids is 1. The number of Topliss-reactive ketones (excluding diaryl/α,β-unsaturated/α-hetero) is 1. The second-order valence-electron chi connectivity index (χ2n) is 5.80. The Hall–Kier alpha value is -1.20. The van der Waals surface area contributed by atoms with E-state index in [1.807, 2.05) is 20.0 Å². The van der Waals surface area contributed by atoms with Crippen LogP contribution >= 0.6 is 0 Å². The fourth-order valence-electron chi connectivity index (χ4n) is 2.61. The second-order valence-corrected chi connectivity index (χ2v) is 5.80. The number of nitrogens with zero attached hydrogens (tertiary/aromatic N) is 3. The fourth-order valence-corrected chi connectivity index (χ4v) is 2.61. The molecule has 0 unspecified atom stereocenters. The predicted octanol–water partition coefficient (Wildman–Crippen LogP) is 1.52. The zero-order chi connectivity index (χ0) is 14.6. The molecule has 1 aliphatic rings. The van der Waals surface area contributed by atoms with Crippen LogP contribution in [0, 0.1) is 0 Å². The molecular weight excluding hydrogens is 254 g/mol. The molecule has 5 heteroatoms. The number of aryl methyl sites for hydroxylation is 1. The molecule has 1 aliphatic heterocycles. The van der Waals surface area contributed by atoms with Gasteiger partial charge in [0.15, 0.2) is 5.78 Å². The monoisotopic (exact) mass is 279 g/mol. The average Bonchev–Trinajstić information content (AvgIpc) is 2.87. The first-order chi connectivity index (χ1) is 9.55. The van der Waals surface area contributed by atoms with Crippen molar-refractivity contribution in [3.05, 3.63) is 18.2 Å². The molecule has 1 fully saturated rings. The lowest BCUT2D eigenvalue weighted by atomic mass is 9.93. The molecule has 0 amide bonds. The van der Waals surface area contributed by atoms with Crippen molar-refractivity contribution in [2.75, 3.05) is 26.3 Å². The van der Waals surface area contributed by atoms with Crippen LogP contribution in [0.15, 0.2) is 12.4 Å². The van der Waals surface area contributed by atoms with E-state index in [4.69, 9.17) is 4.74 Å². The first-order valence-electron chi connectivity index (χ1n) is 7.41. The second kappa shape index (κ2) is 6.50. The third kappa shape index (κ3) is 3.27. The topological polar surface area (TPSA) is 47.4 Å². The normalized spacial score (nSPS) is 17.4. The Kier molecular flexibility index (Phi) is 4.94. The summed E-state index contributed by atoms with van der Waals surface area (Å²) in [5.41, 5.74) is -0.452. The van der Waals surface area contributed by atoms with Gasteiger partial charge in [0.1, 0.15) is 5.82 Å². The molecule has 112 valence electrons. The van der Waals surface area contributed by atoms with Crippen molar-refractivity contribution in [1.29, 1.82) is 0 Å². The van der Waals surface area contributed by atoms with Crippen LogP contribution in [0.1, 0.15) is 33.0 Å². The fraction of sp³-hybridized carbons (Fsp3) is 0.733. The van der Waals surface area contributed by atoms with E-state index in [2.05, 4.69) is 21.4 Å². The Labute approximate surface area is 120 Å². The highest BCUT2D eigenvalue weighted by Gasteiger charge is 2.35. The van der Waals surface area contributed by atoms with Crippen LogP contribution in [-0.2, 0) is 22.5 Å². The minimum atomic E-state index is -0.452. The third-order valence-corrected chi connectivity index (χ3v) is 4.07. The van der Waals surface area contributed by atoms with Crippen LogP contribution < -0.4 is 0 Å². The van der Waals surface area contributed by atoms with Gasteiger partial charge in [-0.25, -0.2) is 4.98 Å². The summed E-state index contributed by atoms with van der Waals surface area (Å²) in [4.78, 5) is 19.2. The van der Waals surface area contributed by atoms with Gasteiger partial charge in [0.25, 0.3) is 0 Å². The third-order valence-electron chi connectivity index (χ3n) is 4.07. The lowest BCUT2D eigenvalue weighted by molar-refractivity contribution is -0.131. The first kappa shape index (κ1) is 15.2. The van der Waals surface area contributed by atoms with Gasteiger partial charge >= 0.3 is 0 Å². The summed E-state index contributed by atoms with van der Waals surface area (Å²) in [5.74, 6) is 1.10. The molecule has 0 aliphatic carbocycles. The summed E-state index contributed by atoms with van der Waals surface area (Å²) in [7, 11) is 0. The van der Waals surface area contributed by atoms with Gasteiger partial charge in [0.2, 0.25) is 0 Å². The zero-order valence-corrected chi connectivity index (χ0v) is 12.8. The van der Waals surface area contributed by atoms with Crippen molar-refractivity contribution in [3.8, 4) is 0 Å². The van der Waals surface area contributed by atoms with Gasteiger partial charge < -0.3 is 9.30 Å². The Balaban J connectivity index is 2.04. The molecule has 1 aromatic heterocycles. The summed E-state index contributed by atoms with van der Waals surface area (Å²) < 4.78 is 7.44. The number of ketones is 1. The van der Waals surface area contributed by atoms with Crippen LogP contribution in [-0.4, -0.2) is 52.1 Å². The number of hydrogen-bond acceptors (Lipinski definition) is 4. The molecule has 0 atom stereocenters. The van der Waals surface area contributed by atoms with Gasteiger partial charge in [-0.15, -0.1) is 0 Å². The van der Waals surface area contributed by atoms with Gasteiger partial charge in [-0.1, -0.05) is 6.92 Å². The minimum absolute atomic E-state index is 0.225. The summed E-state index contributed by atoms with van der Waals surface area (Å²) >= 11 is 0. The number of aromatic nitrogens is 2. The number of ether oxygens (including phenoxy) is 1. The predicted molar refractivity (Wildman–Crippen MR) is 77.7 cm³/mol. The van der Waals surface area contributed by atoms with Gasteiger partial charge in [-0.3, -0.25) is 9.69 Å². The Morgan fingerprint density at radius 2 is 2.10 bits per heavy atom. The van der Waals surface area contributed by atoms with Crippen molar-refractivity contribution in [2.24, 2.45) is 0 Å². The Morgan fingerprint density at radius 1 is 1.40 bits per heavy atom. The minimum Gasteiger partial charge on any atom is -0.379 e. The summed E-state index contributed by atoms with van der Waals surface area (Å²) in [5, 5.41) is 0. The highest BCUT2D eigenvalue weighted by molar-refractivity contribution is 5.88. The smallest absolute Gasteiger partial charge is 0.160 e. The van der Waals surface area contributed by atoms with Crippen LogP contribution in [0.4, 0.5) is 0 Å². The lowest BCUT2D eigenvalue weighted by Crippen LogP contribution is -2.55. The lowest BCUT2D eigenvalue weighted by Gasteiger charge is -2.39. The van der Waals surface area contributed by atoms with E-state index >= 15 is 0 Å². The Bertz CT molecular complexity index is 448. The van der Waals surface area contributed by atoms with Crippen molar-refractivity contribution in [1.82, 2.24) is 14.5 Å². The number of imidazole rings is 1. The summed E-state index contributed by atoms with van der Waals surface area (Å²) in [6, 6.07) is 0. The van der Waals surface area contributed by atoms with Crippen molar-refractivity contribution < 1.29 is 9.53 Å². The van der Waals surface area contributed by atoms with E-state index in [-0.39, 0.29) is 5.78 Å². The molecule has 0 N–H and O–H groups in total. The number of rotatable bonds is 6. The molecule has 5 nitrogen and oxygen atoms in total. The van der Waals surface area contributed by atoms with E-state index in [1.54, 1.807) is 6.20 Å². The first-order valence-corrected chi connectivity index (χ1v) is 7.41.